The van der Waals surface area contributed by atoms with Crippen LogP contribution in [0.5, 0.6) is 0 Å². The lowest BCUT2D eigenvalue weighted by atomic mass is 9.99. The number of hydrogen-bond acceptors (Lipinski definition) is 3. The first-order chi connectivity index (χ1) is 11.0. The van der Waals surface area contributed by atoms with Crippen LogP contribution in [0.3, 0.4) is 0 Å². The van der Waals surface area contributed by atoms with Gasteiger partial charge in [-0.1, -0.05) is 18.2 Å². The summed E-state index contributed by atoms with van der Waals surface area (Å²) in [6.45, 7) is 4.42. The van der Waals surface area contributed by atoms with Crippen molar-refractivity contribution in [2.45, 2.75) is 39.2 Å². The number of amides is 1. The largest absolute Gasteiger partial charge is 0.480 e. The first kappa shape index (κ1) is 18.2. The molecule has 5 nitrogen and oxygen atoms in total. The second-order valence-corrected chi connectivity index (χ2v) is 6.08. The molecule has 0 saturated carbocycles. The number of likely N-dealkylation sites (tertiary alicyclic amines) is 1. The van der Waals surface area contributed by atoms with Gasteiger partial charge in [-0.15, -0.1) is 12.4 Å². The minimum atomic E-state index is -0.916. The van der Waals surface area contributed by atoms with E-state index in [-0.39, 0.29) is 24.7 Å². The van der Waals surface area contributed by atoms with Crippen LogP contribution in [0.1, 0.15) is 29.7 Å². The smallest absolute Gasteiger partial charge is 0.326 e. The van der Waals surface area contributed by atoms with Gasteiger partial charge < -0.3 is 10.0 Å². The molecule has 1 fully saturated rings. The van der Waals surface area contributed by atoms with Gasteiger partial charge >= 0.3 is 5.97 Å². The van der Waals surface area contributed by atoms with Gasteiger partial charge in [0.05, 0.1) is 11.9 Å². The number of hydrogen-bond donors (Lipinski definition) is 1. The summed E-state index contributed by atoms with van der Waals surface area (Å²) in [4.78, 5) is 30.0. The Morgan fingerprint density at radius 1 is 1.29 bits per heavy atom. The van der Waals surface area contributed by atoms with E-state index in [1.54, 1.807) is 0 Å². The quantitative estimate of drug-likeness (QED) is 0.925. The molecule has 2 aromatic rings. The summed E-state index contributed by atoms with van der Waals surface area (Å²) in [6, 6.07) is 7.18. The highest BCUT2D eigenvalue weighted by atomic mass is 35.5. The number of aromatic nitrogens is 1. The van der Waals surface area contributed by atoms with Gasteiger partial charge in [0.1, 0.15) is 6.04 Å². The summed E-state index contributed by atoms with van der Waals surface area (Å²) < 4.78 is 0. The van der Waals surface area contributed by atoms with Crippen molar-refractivity contribution in [3.8, 4) is 0 Å². The maximum Gasteiger partial charge on any atom is 0.326 e. The summed E-state index contributed by atoms with van der Waals surface area (Å²) in [5.41, 5.74) is 3.71. The molecule has 1 unspecified atom stereocenters. The van der Waals surface area contributed by atoms with Crippen LogP contribution in [0.25, 0.3) is 10.9 Å². The van der Waals surface area contributed by atoms with Crippen molar-refractivity contribution in [1.82, 2.24) is 9.88 Å². The van der Waals surface area contributed by atoms with Crippen molar-refractivity contribution in [3.05, 3.63) is 41.1 Å². The Morgan fingerprint density at radius 2 is 2.00 bits per heavy atom. The van der Waals surface area contributed by atoms with Gasteiger partial charge in [0, 0.05) is 17.6 Å². The van der Waals surface area contributed by atoms with Crippen molar-refractivity contribution in [2.24, 2.45) is 0 Å². The molecule has 1 aromatic carbocycles. The van der Waals surface area contributed by atoms with Gasteiger partial charge in [-0.05, 0) is 43.9 Å². The monoisotopic (exact) mass is 348 g/mol. The highest BCUT2D eigenvalue weighted by Gasteiger charge is 2.34. The molecule has 128 valence electrons. The second-order valence-electron chi connectivity index (χ2n) is 6.08. The number of aryl methyl sites for hydroxylation is 2. The molecular formula is C18H21ClN2O3. The molecule has 24 heavy (non-hydrogen) atoms. The maximum atomic E-state index is 12.6. The van der Waals surface area contributed by atoms with E-state index >= 15 is 0 Å². The van der Waals surface area contributed by atoms with E-state index in [0.717, 1.165) is 34.1 Å². The van der Waals surface area contributed by atoms with Crippen molar-refractivity contribution >= 4 is 35.2 Å². The van der Waals surface area contributed by atoms with Gasteiger partial charge in [-0.25, -0.2) is 4.79 Å². The number of nitrogens with zero attached hydrogens (tertiary/aromatic N) is 2. The molecule has 1 aliphatic heterocycles. The van der Waals surface area contributed by atoms with E-state index in [2.05, 4.69) is 4.98 Å². The van der Waals surface area contributed by atoms with Gasteiger partial charge in [0.25, 0.3) is 0 Å². The van der Waals surface area contributed by atoms with Crippen LogP contribution in [0.2, 0.25) is 0 Å². The maximum absolute atomic E-state index is 12.6. The Labute approximate surface area is 147 Å². The standard InChI is InChI=1S/C18H20N2O3.ClH/c1-11-13-6-3-4-7-15(13)19-12(2)14(11)10-17(21)20-9-5-8-16(20)18(22)23;/h3-4,6-7,16H,5,8-10H2,1-2H3,(H,22,23);1H. The van der Waals surface area contributed by atoms with Crippen molar-refractivity contribution in [1.29, 1.82) is 0 Å². The fraction of sp³-hybridized carbons (Fsp3) is 0.389. The highest BCUT2D eigenvalue weighted by molar-refractivity contribution is 5.88. The van der Waals surface area contributed by atoms with E-state index in [4.69, 9.17) is 0 Å². The van der Waals surface area contributed by atoms with Crippen molar-refractivity contribution in [3.63, 3.8) is 0 Å². The SMILES string of the molecule is Cc1nc2ccccc2c(C)c1CC(=O)N1CCCC1C(=O)O.Cl. The lowest BCUT2D eigenvalue weighted by Crippen LogP contribution is -2.41. The lowest BCUT2D eigenvalue weighted by molar-refractivity contribution is -0.148. The van der Waals surface area contributed by atoms with Gasteiger partial charge in [-0.3, -0.25) is 9.78 Å². The minimum Gasteiger partial charge on any atom is -0.480 e. The third-order valence-corrected chi connectivity index (χ3v) is 4.67. The van der Waals surface area contributed by atoms with Crippen molar-refractivity contribution < 1.29 is 14.7 Å². The number of pyridine rings is 1. The molecule has 0 bridgehead atoms. The number of rotatable bonds is 3. The number of halogens is 1. The number of carbonyl (C=O) groups is 2. The van der Waals surface area contributed by atoms with Gasteiger partial charge in [0.2, 0.25) is 5.91 Å². The van der Waals surface area contributed by atoms with E-state index in [1.807, 2.05) is 38.1 Å². The van der Waals surface area contributed by atoms with Crippen LogP contribution in [-0.4, -0.2) is 39.5 Å². The van der Waals surface area contributed by atoms with Crippen LogP contribution >= 0.6 is 12.4 Å². The fourth-order valence-electron chi connectivity index (χ4n) is 3.41. The van der Waals surface area contributed by atoms with Gasteiger partial charge in [-0.2, -0.15) is 0 Å². The van der Waals surface area contributed by atoms with Gasteiger partial charge in [0.15, 0.2) is 0 Å². The summed E-state index contributed by atoms with van der Waals surface area (Å²) in [6.07, 6.45) is 1.49. The van der Waals surface area contributed by atoms with Crippen LogP contribution in [0, 0.1) is 13.8 Å². The predicted molar refractivity (Wildman–Crippen MR) is 94.5 cm³/mol. The average Bonchev–Trinajstić information content (AvgIpc) is 3.01. The zero-order chi connectivity index (χ0) is 16.6. The number of benzene rings is 1. The van der Waals surface area contributed by atoms with Crippen LogP contribution < -0.4 is 0 Å². The first-order valence-electron chi connectivity index (χ1n) is 7.86. The summed E-state index contributed by atoms with van der Waals surface area (Å²) in [7, 11) is 0. The highest BCUT2D eigenvalue weighted by Crippen LogP contribution is 2.25. The number of fused-ring (bicyclic) bond motifs is 1. The topological polar surface area (TPSA) is 70.5 Å². The molecule has 0 aliphatic carbocycles. The van der Waals surface area contributed by atoms with Crippen LogP contribution in [0.4, 0.5) is 0 Å². The Morgan fingerprint density at radius 3 is 2.71 bits per heavy atom. The second kappa shape index (κ2) is 7.18. The van der Waals surface area contributed by atoms with E-state index in [1.165, 1.54) is 4.90 Å². The predicted octanol–water partition coefficient (Wildman–Crippen LogP) is 2.89. The Bertz CT molecular complexity index is 791. The zero-order valence-electron chi connectivity index (χ0n) is 13.8. The third kappa shape index (κ3) is 3.22. The summed E-state index contributed by atoms with van der Waals surface area (Å²) in [5.74, 6) is -1.04. The molecular weight excluding hydrogens is 328 g/mol. The van der Waals surface area contributed by atoms with Crippen LogP contribution in [0.15, 0.2) is 24.3 Å². The number of carboxylic acid groups (broad SMARTS) is 1. The molecule has 1 saturated heterocycles. The number of aliphatic carboxylic acids is 1. The molecule has 1 aliphatic rings. The van der Waals surface area contributed by atoms with E-state index < -0.39 is 12.0 Å². The average molecular weight is 349 g/mol. The van der Waals surface area contributed by atoms with Crippen LogP contribution in [-0.2, 0) is 16.0 Å². The zero-order valence-corrected chi connectivity index (χ0v) is 14.6. The first-order valence-corrected chi connectivity index (χ1v) is 7.86. The number of carbonyl (C=O) groups excluding carboxylic acids is 1. The normalized spacial score (nSPS) is 16.9. The molecule has 3 rings (SSSR count). The molecule has 1 aromatic heterocycles. The lowest BCUT2D eigenvalue weighted by Gasteiger charge is -2.22. The fourth-order valence-corrected chi connectivity index (χ4v) is 3.41. The number of carboxylic acids is 1. The Balaban J connectivity index is 0.00000208. The molecule has 1 atom stereocenters. The number of para-hydroxylation sites is 1. The minimum absolute atomic E-state index is 0. The summed E-state index contributed by atoms with van der Waals surface area (Å²) >= 11 is 0. The summed E-state index contributed by atoms with van der Waals surface area (Å²) in [5, 5.41) is 10.3. The van der Waals surface area contributed by atoms with Crippen molar-refractivity contribution in [2.75, 3.05) is 6.54 Å². The third-order valence-electron chi connectivity index (χ3n) is 4.67. The molecule has 2 heterocycles. The molecule has 6 heteroatoms. The molecule has 1 amide bonds. The molecule has 1 N–H and O–H groups in total. The van der Waals surface area contributed by atoms with E-state index in [0.29, 0.717) is 13.0 Å². The van der Waals surface area contributed by atoms with E-state index in [9.17, 15) is 14.7 Å². The molecule has 0 spiro atoms. The Kier molecular flexibility index (Phi) is 5.44. The Hall–Kier alpha value is -2.14. The molecule has 0 radical (unpaired) electrons.